The van der Waals surface area contributed by atoms with E-state index in [1.54, 1.807) is 13.2 Å². The van der Waals surface area contributed by atoms with Gasteiger partial charge in [0.1, 0.15) is 17.3 Å². The van der Waals surface area contributed by atoms with E-state index in [0.717, 1.165) is 50.0 Å². The number of nitrogens with zero attached hydrogens (tertiary/aromatic N) is 4. The highest BCUT2D eigenvalue weighted by Gasteiger charge is 2.21. The Morgan fingerprint density at radius 2 is 1.87 bits per heavy atom. The lowest BCUT2D eigenvalue weighted by Gasteiger charge is -2.34. The van der Waals surface area contributed by atoms with Crippen LogP contribution in [0, 0.1) is 5.82 Å². The molecule has 1 aliphatic rings. The number of ether oxygens (including phenoxy) is 2. The molecule has 0 radical (unpaired) electrons. The van der Waals surface area contributed by atoms with Gasteiger partial charge in [0.25, 0.3) is 0 Å². The van der Waals surface area contributed by atoms with Gasteiger partial charge in [-0.3, -0.25) is 4.90 Å². The SMILES string of the molecule is COc1cccc(CCN2CCN(c3nc(-c4ccc(F)cc4OC)ns3)CC2)c1. The van der Waals surface area contributed by atoms with Crippen molar-refractivity contribution in [3.63, 3.8) is 0 Å². The van der Waals surface area contributed by atoms with Crippen LogP contribution in [-0.4, -0.2) is 61.2 Å². The minimum Gasteiger partial charge on any atom is -0.497 e. The minimum absolute atomic E-state index is 0.337. The van der Waals surface area contributed by atoms with E-state index < -0.39 is 0 Å². The molecule has 2 heterocycles. The van der Waals surface area contributed by atoms with Crippen molar-refractivity contribution in [2.45, 2.75) is 6.42 Å². The van der Waals surface area contributed by atoms with Crippen LogP contribution in [0.2, 0.25) is 0 Å². The van der Waals surface area contributed by atoms with Crippen molar-refractivity contribution in [3.8, 4) is 22.9 Å². The molecule has 1 aliphatic heterocycles. The van der Waals surface area contributed by atoms with Gasteiger partial charge in [-0.1, -0.05) is 12.1 Å². The van der Waals surface area contributed by atoms with E-state index in [1.165, 1.54) is 36.3 Å². The number of hydrogen-bond acceptors (Lipinski definition) is 7. The van der Waals surface area contributed by atoms with Crippen molar-refractivity contribution in [2.75, 3.05) is 51.8 Å². The third kappa shape index (κ3) is 4.71. The van der Waals surface area contributed by atoms with Gasteiger partial charge in [-0.25, -0.2) is 4.39 Å². The molecule has 8 heteroatoms. The van der Waals surface area contributed by atoms with Crippen molar-refractivity contribution in [1.82, 2.24) is 14.3 Å². The molecular weight excluding hydrogens is 403 g/mol. The molecule has 1 aromatic heterocycles. The first-order chi connectivity index (χ1) is 14.7. The maximum atomic E-state index is 13.5. The Hall–Kier alpha value is -2.71. The Bertz CT molecular complexity index is 989. The second-order valence-corrected chi connectivity index (χ2v) is 7.91. The molecule has 0 bridgehead atoms. The normalized spacial score (nSPS) is 14.7. The van der Waals surface area contributed by atoms with Crippen molar-refractivity contribution >= 4 is 16.7 Å². The smallest absolute Gasteiger partial charge is 0.205 e. The molecule has 0 spiro atoms. The molecule has 30 heavy (non-hydrogen) atoms. The molecule has 1 saturated heterocycles. The summed E-state index contributed by atoms with van der Waals surface area (Å²) in [5.74, 6) is 1.59. The van der Waals surface area contributed by atoms with E-state index in [-0.39, 0.29) is 5.82 Å². The topological polar surface area (TPSA) is 50.7 Å². The number of hydrogen-bond donors (Lipinski definition) is 0. The molecule has 2 aromatic carbocycles. The summed E-state index contributed by atoms with van der Waals surface area (Å²) >= 11 is 1.37. The standard InChI is InChI=1S/C22H25FN4O2S/c1-28-18-5-3-4-16(14-18)8-9-26-10-12-27(13-11-26)22-24-21(25-30-22)19-7-6-17(23)15-20(19)29-2/h3-7,14-15H,8-13H2,1-2H3. The van der Waals surface area contributed by atoms with Crippen LogP contribution in [0.3, 0.4) is 0 Å². The van der Waals surface area contributed by atoms with E-state index in [4.69, 9.17) is 9.47 Å². The van der Waals surface area contributed by atoms with Gasteiger partial charge < -0.3 is 14.4 Å². The molecule has 6 nitrogen and oxygen atoms in total. The summed E-state index contributed by atoms with van der Waals surface area (Å²) in [5, 5.41) is 0.892. The average molecular weight is 429 g/mol. The number of aromatic nitrogens is 2. The fourth-order valence-corrected chi connectivity index (χ4v) is 4.31. The molecule has 4 rings (SSSR count). The Labute approximate surface area is 180 Å². The Morgan fingerprint density at radius 1 is 1.03 bits per heavy atom. The third-order valence-corrected chi connectivity index (χ3v) is 6.09. The first kappa shape index (κ1) is 20.6. The summed E-state index contributed by atoms with van der Waals surface area (Å²) in [6, 6.07) is 12.7. The van der Waals surface area contributed by atoms with E-state index >= 15 is 0 Å². The van der Waals surface area contributed by atoms with Crippen LogP contribution < -0.4 is 14.4 Å². The largest absolute Gasteiger partial charge is 0.497 e. The average Bonchev–Trinajstić information content (AvgIpc) is 3.28. The second kappa shape index (κ2) is 9.40. The summed E-state index contributed by atoms with van der Waals surface area (Å²) in [6.07, 6.45) is 1.00. The Kier molecular flexibility index (Phi) is 6.44. The number of benzene rings is 2. The van der Waals surface area contributed by atoms with Gasteiger partial charge in [0.05, 0.1) is 19.8 Å². The van der Waals surface area contributed by atoms with Crippen molar-refractivity contribution in [2.24, 2.45) is 0 Å². The fourth-order valence-electron chi connectivity index (χ4n) is 3.58. The van der Waals surface area contributed by atoms with Gasteiger partial charge in [-0.2, -0.15) is 9.36 Å². The number of methoxy groups -OCH3 is 2. The van der Waals surface area contributed by atoms with Crippen molar-refractivity contribution in [3.05, 3.63) is 53.8 Å². The highest BCUT2D eigenvalue weighted by molar-refractivity contribution is 7.09. The first-order valence-corrected chi connectivity index (χ1v) is 10.7. The van der Waals surface area contributed by atoms with Gasteiger partial charge in [0.15, 0.2) is 5.82 Å². The molecule has 0 aliphatic carbocycles. The van der Waals surface area contributed by atoms with Gasteiger partial charge >= 0.3 is 0 Å². The molecule has 3 aromatic rings. The van der Waals surface area contributed by atoms with Crippen molar-refractivity contribution in [1.29, 1.82) is 0 Å². The van der Waals surface area contributed by atoms with E-state index in [2.05, 4.69) is 31.3 Å². The predicted molar refractivity (Wildman–Crippen MR) is 117 cm³/mol. The third-order valence-electron chi connectivity index (χ3n) is 5.31. The number of rotatable bonds is 7. The number of halogens is 1. The lowest BCUT2D eigenvalue weighted by molar-refractivity contribution is 0.261. The molecule has 0 saturated carbocycles. The summed E-state index contributed by atoms with van der Waals surface area (Å²) < 4.78 is 28.5. The van der Waals surface area contributed by atoms with Crippen LogP contribution in [0.5, 0.6) is 11.5 Å². The maximum absolute atomic E-state index is 13.5. The summed E-state index contributed by atoms with van der Waals surface area (Å²) in [4.78, 5) is 9.41. The van der Waals surface area contributed by atoms with Gasteiger partial charge in [0.2, 0.25) is 5.13 Å². The van der Waals surface area contributed by atoms with Crippen LogP contribution in [0.1, 0.15) is 5.56 Å². The summed E-state index contributed by atoms with van der Waals surface area (Å²) in [6.45, 7) is 4.81. The number of anilines is 1. The quantitative estimate of drug-likeness (QED) is 0.572. The van der Waals surface area contributed by atoms with Crippen LogP contribution in [0.15, 0.2) is 42.5 Å². The predicted octanol–water partition coefficient (Wildman–Crippen LogP) is 3.73. The molecule has 0 N–H and O–H groups in total. The lowest BCUT2D eigenvalue weighted by Crippen LogP contribution is -2.47. The van der Waals surface area contributed by atoms with E-state index in [9.17, 15) is 4.39 Å². The molecule has 0 unspecified atom stereocenters. The van der Waals surface area contributed by atoms with Gasteiger partial charge in [-0.05, 0) is 36.2 Å². The second-order valence-electron chi connectivity index (χ2n) is 7.18. The van der Waals surface area contributed by atoms with Crippen LogP contribution in [0.25, 0.3) is 11.4 Å². The zero-order chi connectivity index (χ0) is 20.9. The molecule has 158 valence electrons. The Balaban J connectivity index is 1.33. The zero-order valence-corrected chi connectivity index (χ0v) is 18.0. The van der Waals surface area contributed by atoms with E-state index in [0.29, 0.717) is 17.1 Å². The highest BCUT2D eigenvalue weighted by Crippen LogP contribution is 2.31. The molecule has 0 amide bonds. The van der Waals surface area contributed by atoms with Crippen LogP contribution in [-0.2, 0) is 6.42 Å². The van der Waals surface area contributed by atoms with Gasteiger partial charge in [-0.15, -0.1) is 0 Å². The summed E-state index contributed by atoms with van der Waals surface area (Å²) in [5.41, 5.74) is 2.00. The van der Waals surface area contributed by atoms with Gasteiger partial charge in [0, 0.05) is 50.3 Å². The highest BCUT2D eigenvalue weighted by atomic mass is 32.1. The molecule has 0 atom stereocenters. The maximum Gasteiger partial charge on any atom is 0.205 e. The fraction of sp³-hybridized carbons (Fsp3) is 0.364. The summed E-state index contributed by atoms with van der Waals surface area (Å²) in [7, 11) is 3.22. The zero-order valence-electron chi connectivity index (χ0n) is 17.2. The number of piperazine rings is 1. The Morgan fingerprint density at radius 3 is 2.63 bits per heavy atom. The van der Waals surface area contributed by atoms with E-state index in [1.807, 2.05) is 12.1 Å². The minimum atomic E-state index is -0.337. The molecular formula is C22H25FN4O2S. The van der Waals surface area contributed by atoms with Crippen LogP contribution in [0.4, 0.5) is 9.52 Å². The lowest BCUT2D eigenvalue weighted by atomic mass is 10.1. The molecule has 1 fully saturated rings. The van der Waals surface area contributed by atoms with Crippen LogP contribution >= 0.6 is 11.5 Å². The monoisotopic (exact) mass is 428 g/mol. The first-order valence-electron chi connectivity index (χ1n) is 9.94. The van der Waals surface area contributed by atoms with Crippen molar-refractivity contribution < 1.29 is 13.9 Å².